The van der Waals surface area contributed by atoms with Gasteiger partial charge in [0, 0.05) is 28.7 Å². The number of benzene rings is 1. The van der Waals surface area contributed by atoms with Crippen LogP contribution in [0.4, 0.5) is 0 Å². The quantitative estimate of drug-likeness (QED) is 0.562. The predicted octanol–water partition coefficient (Wildman–Crippen LogP) is 3.95. The molecule has 2 aromatic rings. The van der Waals surface area contributed by atoms with Crippen LogP contribution in [0.25, 0.3) is 10.9 Å². The second kappa shape index (κ2) is 5.17. The van der Waals surface area contributed by atoms with Gasteiger partial charge in [0.05, 0.1) is 0 Å². The Kier molecular flexibility index (Phi) is 3.62. The van der Waals surface area contributed by atoms with Crippen LogP contribution >= 0.6 is 0 Å². The summed E-state index contributed by atoms with van der Waals surface area (Å²) in [4.78, 5) is 11.2. The monoisotopic (exact) mass is 229 g/mol. The summed E-state index contributed by atoms with van der Waals surface area (Å²) in [6, 6.07) is 8.15. The first-order valence-electron chi connectivity index (χ1n) is 6.32. The molecule has 0 unspecified atom stereocenters. The highest BCUT2D eigenvalue weighted by Gasteiger charge is 2.11. The van der Waals surface area contributed by atoms with E-state index in [0.717, 1.165) is 29.5 Å². The van der Waals surface area contributed by atoms with Gasteiger partial charge in [0.25, 0.3) is 0 Å². The van der Waals surface area contributed by atoms with Gasteiger partial charge < -0.3 is 4.57 Å². The van der Waals surface area contributed by atoms with Crippen LogP contribution in [-0.2, 0) is 6.54 Å². The van der Waals surface area contributed by atoms with Crippen molar-refractivity contribution in [3.8, 4) is 0 Å². The lowest BCUT2D eigenvalue weighted by Crippen LogP contribution is -2.00. The van der Waals surface area contributed by atoms with Crippen molar-refractivity contribution in [2.24, 2.45) is 0 Å². The highest BCUT2D eigenvalue weighted by Crippen LogP contribution is 2.24. The van der Waals surface area contributed by atoms with Crippen LogP contribution in [0, 0.1) is 6.92 Å². The smallest absolute Gasteiger partial charge is 0.152 e. The van der Waals surface area contributed by atoms with Crippen molar-refractivity contribution in [1.29, 1.82) is 0 Å². The zero-order chi connectivity index (χ0) is 12.3. The van der Waals surface area contributed by atoms with E-state index in [9.17, 15) is 4.79 Å². The van der Waals surface area contributed by atoms with E-state index in [1.807, 2.05) is 25.1 Å². The predicted molar refractivity (Wildman–Crippen MR) is 71.6 cm³/mol. The Labute approximate surface area is 102 Å². The van der Waals surface area contributed by atoms with E-state index in [2.05, 4.69) is 17.6 Å². The number of rotatable bonds is 5. The minimum Gasteiger partial charge on any atom is -0.344 e. The van der Waals surface area contributed by atoms with Gasteiger partial charge in [-0.2, -0.15) is 0 Å². The van der Waals surface area contributed by atoms with Crippen LogP contribution in [0.2, 0.25) is 0 Å². The molecule has 0 fully saturated rings. The molecule has 0 N–H and O–H groups in total. The zero-order valence-corrected chi connectivity index (χ0v) is 10.6. The van der Waals surface area contributed by atoms with Gasteiger partial charge in [0.15, 0.2) is 6.29 Å². The molecule has 0 aliphatic rings. The molecule has 0 radical (unpaired) electrons. The van der Waals surface area contributed by atoms with Gasteiger partial charge in [-0.3, -0.25) is 4.79 Å². The Morgan fingerprint density at radius 1 is 1.24 bits per heavy atom. The fourth-order valence-electron chi connectivity index (χ4n) is 2.41. The average Bonchev–Trinajstić information content (AvgIpc) is 2.62. The number of aryl methyl sites for hydroxylation is 1. The highest BCUT2D eigenvalue weighted by atomic mass is 16.1. The summed E-state index contributed by atoms with van der Waals surface area (Å²) in [5.74, 6) is 0. The topological polar surface area (TPSA) is 22.0 Å². The van der Waals surface area contributed by atoms with Crippen molar-refractivity contribution >= 4 is 17.2 Å². The Hall–Kier alpha value is -1.57. The average molecular weight is 229 g/mol. The molecule has 1 aromatic heterocycles. The number of para-hydroxylation sites is 1. The maximum atomic E-state index is 11.2. The summed E-state index contributed by atoms with van der Waals surface area (Å²) in [5, 5.41) is 1.08. The van der Waals surface area contributed by atoms with Crippen molar-refractivity contribution in [1.82, 2.24) is 4.57 Å². The lowest BCUT2D eigenvalue weighted by atomic mass is 10.1. The molecule has 1 heterocycles. The number of carbonyl (C=O) groups is 1. The largest absolute Gasteiger partial charge is 0.344 e. The van der Waals surface area contributed by atoms with E-state index in [4.69, 9.17) is 0 Å². The zero-order valence-electron chi connectivity index (χ0n) is 10.6. The standard InChI is InChI=1S/C15H19NO/c1-3-4-7-10-16-12(2)14(11-17)13-8-5-6-9-15(13)16/h5-6,8-9,11H,3-4,7,10H2,1-2H3. The molecule has 0 aliphatic heterocycles. The van der Waals surface area contributed by atoms with Gasteiger partial charge in [0.1, 0.15) is 0 Å². The molecule has 90 valence electrons. The molecule has 1 aromatic carbocycles. The first-order valence-corrected chi connectivity index (χ1v) is 6.32. The molecule has 2 nitrogen and oxygen atoms in total. The summed E-state index contributed by atoms with van der Waals surface area (Å²) in [5.41, 5.74) is 3.12. The van der Waals surface area contributed by atoms with Crippen molar-refractivity contribution in [3.63, 3.8) is 0 Å². The Bertz CT molecular complexity index is 525. The van der Waals surface area contributed by atoms with Gasteiger partial charge in [-0.15, -0.1) is 0 Å². The fraction of sp³-hybridized carbons (Fsp3) is 0.400. The molecule has 2 rings (SSSR count). The Balaban J connectivity index is 2.46. The number of aldehydes is 1. The van der Waals surface area contributed by atoms with Crippen molar-refractivity contribution in [2.45, 2.75) is 39.7 Å². The summed E-state index contributed by atoms with van der Waals surface area (Å²) in [7, 11) is 0. The fourth-order valence-corrected chi connectivity index (χ4v) is 2.41. The normalized spacial score (nSPS) is 10.9. The first-order chi connectivity index (χ1) is 8.29. The number of fused-ring (bicyclic) bond motifs is 1. The summed E-state index contributed by atoms with van der Waals surface area (Å²) in [6.45, 7) is 5.25. The lowest BCUT2D eigenvalue weighted by molar-refractivity contribution is 0.112. The molecule has 0 saturated heterocycles. The molecule has 0 saturated carbocycles. The Morgan fingerprint density at radius 3 is 2.71 bits per heavy atom. The van der Waals surface area contributed by atoms with E-state index >= 15 is 0 Å². The minimum atomic E-state index is 0.845. The van der Waals surface area contributed by atoms with Crippen LogP contribution in [-0.4, -0.2) is 10.9 Å². The third kappa shape index (κ3) is 2.12. The number of nitrogens with zero attached hydrogens (tertiary/aromatic N) is 1. The van der Waals surface area contributed by atoms with Crippen LogP contribution < -0.4 is 0 Å². The first kappa shape index (κ1) is 11.9. The van der Waals surface area contributed by atoms with E-state index in [1.54, 1.807) is 0 Å². The van der Waals surface area contributed by atoms with Crippen molar-refractivity contribution < 1.29 is 4.79 Å². The third-order valence-electron chi connectivity index (χ3n) is 3.38. The van der Waals surface area contributed by atoms with Gasteiger partial charge in [-0.1, -0.05) is 38.0 Å². The van der Waals surface area contributed by atoms with Gasteiger partial charge in [-0.05, 0) is 19.4 Å². The molecule has 0 atom stereocenters. The van der Waals surface area contributed by atoms with Crippen LogP contribution in [0.3, 0.4) is 0 Å². The van der Waals surface area contributed by atoms with Crippen LogP contribution in [0.1, 0.15) is 42.2 Å². The number of aromatic nitrogens is 1. The highest BCUT2D eigenvalue weighted by molar-refractivity contribution is 5.99. The maximum Gasteiger partial charge on any atom is 0.152 e. The molecule has 0 amide bonds. The SMILES string of the molecule is CCCCCn1c(C)c(C=O)c2ccccc21. The van der Waals surface area contributed by atoms with Crippen molar-refractivity contribution in [3.05, 3.63) is 35.5 Å². The number of carbonyl (C=O) groups excluding carboxylic acids is 1. The molecule has 2 heteroatoms. The van der Waals surface area contributed by atoms with Crippen LogP contribution in [0.5, 0.6) is 0 Å². The lowest BCUT2D eigenvalue weighted by Gasteiger charge is -2.07. The molecule has 0 spiro atoms. The van der Waals surface area contributed by atoms with Gasteiger partial charge in [-0.25, -0.2) is 0 Å². The molecular formula is C15H19NO. The summed E-state index contributed by atoms with van der Waals surface area (Å²) < 4.78 is 2.27. The van der Waals surface area contributed by atoms with E-state index in [-0.39, 0.29) is 0 Å². The van der Waals surface area contributed by atoms with E-state index in [1.165, 1.54) is 24.8 Å². The van der Waals surface area contributed by atoms with Crippen molar-refractivity contribution in [2.75, 3.05) is 0 Å². The van der Waals surface area contributed by atoms with E-state index < -0.39 is 0 Å². The summed E-state index contributed by atoms with van der Waals surface area (Å²) in [6.07, 6.45) is 4.61. The number of hydrogen-bond acceptors (Lipinski definition) is 1. The number of hydrogen-bond donors (Lipinski definition) is 0. The second-order valence-electron chi connectivity index (χ2n) is 4.49. The molecule has 0 bridgehead atoms. The van der Waals surface area contributed by atoms with E-state index in [0.29, 0.717) is 0 Å². The number of unbranched alkanes of at least 4 members (excludes halogenated alkanes) is 2. The molecule has 0 aliphatic carbocycles. The molecule has 17 heavy (non-hydrogen) atoms. The Morgan fingerprint density at radius 2 is 2.00 bits per heavy atom. The summed E-state index contributed by atoms with van der Waals surface area (Å²) >= 11 is 0. The minimum absolute atomic E-state index is 0.845. The molecular weight excluding hydrogens is 210 g/mol. The van der Waals surface area contributed by atoms with Gasteiger partial charge in [0.2, 0.25) is 0 Å². The second-order valence-corrected chi connectivity index (χ2v) is 4.49. The maximum absolute atomic E-state index is 11.2. The van der Waals surface area contributed by atoms with Gasteiger partial charge >= 0.3 is 0 Å². The van der Waals surface area contributed by atoms with Crippen LogP contribution in [0.15, 0.2) is 24.3 Å². The third-order valence-corrected chi connectivity index (χ3v) is 3.38.